The summed E-state index contributed by atoms with van der Waals surface area (Å²) in [6.07, 6.45) is 8.12. The van der Waals surface area contributed by atoms with Gasteiger partial charge in [0.2, 0.25) is 0 Å². The number of halogens is 3. The highest BCUT2D eigenvalue weighted by atomic mass is 19.2. The molecule has 0 bridgehead atoms. The quantitative estimate of drug-likeness (QED) is 0.0567. The van der Waals surface area contributed by atoms with Crippen LogP contribution in [0.25, 0.3) is 17.7 Å². The van der Waals surface area contributed by atoms with Gasteiger partial charge in [0, 0.05) is 23.9 Å². The number of aromatic nitrogens is 1. The zero-order valence-corrected chi connectivity index (χ0v) is 22.4. The molecule has 1 heterocycles. The van der Waals surface area contributed by atoms with E-state index in [1.807, 2.05) is 73.7 Å². The van der Waals surface area contributed by atoms with Gasteiger partial charge in [0.05, 0.1) is 19.9 Å². The number of benzene rings is 3. The number of ether oxygens (including phenoxy) is 1. The molecule has 0 fully saturated rings. The largest absolute Gasteiger partial charge is 0.361 e. The van der Waals surface area contributed by atoms with Crippen LogP contribution in [0.2, 0.25) is 0 Å². The van der Waals surface area contributed by atoms with Crippen molar-refractivity contribution in [3.05, 3.63) is 146 Å². The fourth-order valence-electron chi connectivity index (χ4n) is 4.31. The van der Waals surface area contributed by atoms with Crippen LogP contribution in [0.3, 0.4) is 0 Å². The molecule has 0 aliphatic rings. The molecule has 4 rings (SSSR count). The third-order valence-electron chi connectivity index (χ3n) is 6.34. The number of hydrogen-bond acceptors (Lipinski definition) is 4. The van der Waals surface area contributed by atoms with Crippen molar-refractivity contribution < 1.29 is 22.7 Å². The summed E-state index contributed by atoms with van der Waals surface area (Å²) in [5.74, 6) is -4.15. The summed E-state index contributed by atoms with van der Waals surface area (Å²) >= 11 is 0. The topological polar surface area (TPSA) is 60.3 Å². The number of nitrogens with zero attached hydrogens (tertiary/aromatic N) is 1. The Morgan fingerprint density at radius 2 is 1.71 bits per heavy atom. The number of nitrogens with one attached hydrogen (secondary N) is 1. The minimum atomic E-state index is -1.54. The van der Waals surface area contributed by atoms with Gasteiger partial charge in [-0.3, -0.25) is 14.9 Å². The van der Waals surface area contributed by atoms with E-state index >= 15 is 0 Å². The molecule has 0 amide bonds. The summed E-state index contributed by atoms with van der Waals surface area (Å²) in [4.78, 5) is 24.4. The molecular formula is C33H29F3N2O3. The van der Waals surface area contributed by atoms with Crippen molar-refractivity contribution in [2.24, 2.45) is 0 Å². The average molecular weight is 559 g/mol. The molecule has 1 aromatic heterocycles. The first-order valence-electron chi connectivity index (χ1n) is 13.0. The standard InChI is InChI=1S/C33H29F3N2O3/c1-23-15-25(11-12-29(23)28(20-39)16-24-7-3-2-4-8-24)9-5-13-37-22-41-21-27-10-6-14-38(33(27)40)19-26-17-30(34)32(36)31(35)18-26/h2-12,14-18,20,37H,13,19,21-22H2,1H3/b9-5+,28-16-. The fraction of sp³-hybridized carbons (Fsp3) is 0.152. The Labute approximate surface area is 236 Å². The van der Waals surface area contributed by atoms with Crippen LogP contribution >= 0.6 is 0 Å². The molecule has 4 aromatic rings. The van der Waals surface area contributed by atoms with Crippen LogP contribution in [0.15, 0.2) is 89.9 Å². The lowest BCUT2D eigenvalue weighted by Crippen LogP contribution is -2.25. The predicted octanol–water partition coefficient (Wildman–Crippen LogP) is 6.14. The van der Waals surface area contributed by atoms with Gasteiger partial charge in [-0.15, -0.1) is 0 Å². The van der Waals surface area contributed by atoms with E-state index in [1.54, 1.807) is 12.1 Å². The third kappa shape index (κ3) is 8.00. The second-order valence-corrected chi connectivity index (χ2v) is 9.39. The van der Waals surface area contributed by atoms with Crippen LogP contribution in [-0.2, 0) is 22.7 Å². The highest BCUT2D eigenvalue weighted by Gasteiger charge is 2.12. The molecule has 210 valence electrons. The average Bonchev–Trinajstić information content (AvgIpc) is 2.96. The Morgan fingerprint density at radius 3 is 2.41 bits per heavy atom. The smallest absolute Gasteiger partial charge is 0.256 e. The van der Waals surface area contributed by atoms with E-state index in [1.165, 1.54) is 10.8 Å². The predicted molar refractivity (Wildman–Crippen MR) is 154 cm³/mol. The lowest BCUT2D eigenvalue weighted by molar-refractivity contribution is -0.103. The van der Waals surface area contributed by atoms with E-state index in [-0.39, 0.29) is 31.0 Å². The van der Waals surface area contributed by atoms with Crippen molar-refractivity contribution >= 4 is 24.0 Å². The lowest BCUT2D eigenvalue weighted by atomic mass is 9.97. The number of carbonyl (C=O) groups is 1. The van der Waals surface area contributed by atoms with Gasteiger partial charge in [0.1, 0.15) is 0 Å². The molecule has 1 N–H and O–H groups in total. The minimum Gasteiger partial charge on any atom is -0.361 e. The number of aryl methyl sites for hydroxylation is 1. The van der Waals surface area contributed by atoms with E-state index in [9.17, 15) is 22.8 Å². The summed E-state index contributed by atoms with van der Waals surface area (Å²) in [5, 5.41) is 3.11. The van der Waals surface area contributed by atoms with Crippen molar-refractivity contribution in [3.63, 3.8) is 0 Å². The van der Waals surface area contributed by atoms with Crippen LogP contribution in [0, 0.1) is 24.4 Å². The number of rotatable bonds is 12. The Morgan fingerprint density at radius 1 is 0.951 bits per heavy atom. The van der Waals surface area contributed by atoms with Gasteiger partial charge < -0.3 is 9.30 Å². The SMILES string of the molecule is Cc1cc(/C=C/CNCOCc2cccn(Cc3cc(F)c(F)c(F)c3)c2=O)ccc1/C(C=O)=C\c1ccccc1. The van der Waals surface area contributed by atoms with Crippen molar-refractivity contribution in [1.29, 1.82) is 0 Å². The van der Waals surface area contributed by atoms with Crippen molar-refractivity contribution in [3.8, 4) is 0 Å². The molecule has 0 aliphatic carbocycles. The van der Waals surface area contributed by atoms with Crippen molar-refractivity contribution in [1.82, 2.24) is 9.88 Å². The van der Waals surface area contributed by atoms with Crippen LogP contribution in [0.5, 0.6) is 0 Å². The number of hydrogen-bond donors (Lipinski definition) is 1. The van der Waals surface area contributed by atoms with Gasteiger partial charge in [-0.2, -0.15) is 0 Å². The molecule has 0 atom stereocenters. The van der Waals surface area contributed by atoms with Gasteiger partial charge in [-0.1, -0.05) is 60.7 Å². The lowest BCUT2D eigenvalue weighted by Gasteiger charge is -2.10. The molecule has 3 aromatic carbocycles. The first-order valence-corrected chi connectivity index (χ1v) is 13.0. The summed E-state index contributed by atoms with van der Waals surface area (Å²) in [6, 6.07) is 20.6. The molecule has 0 unspecified atom stereocenters. The highest BCUT2D eigenvalue weighted by Crippen LogP contribution is 2.22. The summed E-state index contributed by atoms with van der Waals surface area (Å²) < 4.78 is 47.1. The highest BCUT2D eigenvalue weighted by molar-refractivity contribution is 6.13. The molecule has 0 spiro atoms. The molecule has 41 heavy (non-hydrogen) atoms. The van der Waals surface area contributed by atoms with E-state index < -0.39 is 17.5 Å². The van der Waals surface area contributed by atoms with E-state index in [4.69, 9.17) is 4.74 Å². The number of pyridine rings is 1. The normalized spacial score (nSPS) is 11.8. The third-order valence-corrected chi connectivity index (χ3v) is 6.34. The number of aldehydes is 1. The maximum Gasteiger partial charge on any atom is 0.256 e. The molecular weight excluding hydrogens is 529 g/mol. The second-order valence-electron chi connectivity index (χ2n) is 9.39. The van der Waals surface area contributed by atoms with Gasteiger partial charge in [0.15, 0.2) is 23.7 Å². The Hall–Kier alpha value is -4.53. The van der Waals surface area contributed by atoms with Crippen LogP contribution in [0.4, 0.5) is 13.2 Å². The van der Waals surface area contributed by atoms with E-state index in [0.717, 1.165) is 40.7 Å². The molecule has 0 aliphatic heterocycles. The molecule has 8 heteroatoms. The Bertz CT molecular complexity index is 1610. The summed E-state index contributed by atoms with van der Waals surface area (Å²) in [5.41, 5.74) is 4.57. The number of allylic oxidation sites excluding steroid dienone is 1. The van der Waals surface area contributed by atoms with Gasteiger partial charge in [-0.25, -0.2) is 13.2 Å². The van der Waals surface area contributed by atoms with Gasteiger partial charge >= 0.3 is 0 Å². The minimum absolute atomic E-state index is 0.0404. The molecule has 5 nitrogen and oxygen atoms in total. The first kappa shape index (κ1) is 29.5. The zero-order chi connectivity index (χ0) is 29.2. The first-order chi connectivity index (χ1) is 19.9. The van der Waals surface area contributed by atoms with Crippen LogP contribution in [-0.4, -0.2) is 24.1 Å². The summed E-state index contributed by atoms with van der Waals surface area (Å²) in [6.45, 7) is 2.62. The van der Waals surface area contributed by atoms with Crippen molar-refractivity contribution in [2.75, 3.05) is 13.3 Å². The van der Waals surface area contributed by atoms with Crippen LogP contribution in [0.1, 0.15) is 33.4 Å². The number of carbonyl (C=O) groups excluding carboxylic acids is 1. The summed E-state index contributed by atoms with van der Waals surface area (Å²) in [7, 11) is 0. The molecule has 0 radical (unpaired) electrons. The van der Waals surface area contributed by atoms with E-state index in [2.05, 4.69) is 5.32 Å². The second kappa shape index (κ2) is 14.2. The van der Waals surface area contributed by atoms with E-state index in [0.29, 0.717) is 17.7 Å². The Balaban J connectivity index is 1.26. The maximum atomic E-state index is 13.5. The Kier molecular flexibility index (Phi) is 10.2. The fourth-order valence-corrected chi connectivity index (χ4v) is 4.31. The zero-order valence-electron chi connectivity index (χ0n) is 22.4. The molecule has 0 saturated heterocycles. The monoisotopic (exact) mass is 558 g/mol. The molecule has 0 saturated carbocycles. The van der Waals surface area contributed by atoms with Crippen LogP contribution < -0.4 is 10.9 Å². The van der Waals surface area contributed by atoms with Crippen molar-refractivity contribution in [2.45, 2.75) is 20.1 Å². The van der Waals surface area contributed by atoms with Gasteiger partial charge in [-0.05, 0) is 65.1 Å². The maximum absolute atomic E-state index is 13.5. The van der Waals surface area contributed by atoms with Gasteiger partial charge in [0.25, 0.3) is 5.56 Å².